The summed E-state index contributed by atoms with van der Waals surface area (Å²) in [6.45, 7) is 1.50. The molecule has 3 amide bonds. The second kappa shape index (κ2) is 12.7. The maximum absolute atomic E-state index is 14.1. The number of hydrogen-bond acceptors (Lipinski definition) is 15. The molecule has 0 bridgehead atoms. The van der Waals surface area contributed by atoms with Gasteiger partial charge in [0.25, 0.3) is 5.91 Å². The third-order valence-electron chi connectivity index (χ3n) is 7.15. The Morgan fingerprint density at radius 1 is 1.30 bits per heavy atom. The van der Waals surface area contributed by atoms with Crippen LogP contribution in [-0.2, 0) is 28.2 Å². The lowest BCUT2D eigenvalue weighted by molar-refractivity contribution is -0.149. The SMILES string of the molecule is COc1nc(N)nc2c1ncn2C1OC(COP(=O)(N[C@@H](C)C(=O)OC(C)C)SCC2C(=O)N(C)C(=O)N2C)[C@@H](O)[C@@]1(C)O. The van der Waals surface area contributed by atoms with E-state index in [1.54, 1.807) is 13.8 Å². The molecule has 4 rings (SSSR count). The number of carbonyl (C=O) groups excluding carboxylic acids is 3. The molecule has 7 atom stereocenters. The molecule has 0 aliphatic carbocycles. The van der Waals surface area contributed by atoms with Crippen molar-refractivity contribution in [1.82, 2.24) is 34.4 Å². The lowest BCUT2D eigenvalue weighted by atomic mass is 9.96. The van der Waals surface area contributed by atoms with Crippen molar-refractivity contribution >= 4 is 53.1 Å². The first-order chi connectivity index (χ1) is 20.5. The first-order valence-corrected chi connectivity index (χ1v) is 16.7. The number of aliphatic hydroxyl groups is 2. The highest BCUT2D eigenvalue weighted by Gasteiger charge is 2.54. The normalized spacial score (nSPS) is 27.8. The molecule has 2 aliphatic heterocycles. The summed E-state index contributed by atoms with van der Waals surface area (Å²) in [5.74, 6) is -1.36. The Morgan fingerprint density at radius 3 is 2.57 bits per heavy atom. The van der Waals surface area contributed by atoms with Gasteiger partial charge in [0, 0.05) is 19.8 Å². The summed E-state index contributed by atoms with van der Waals surface area (Å²) in [4.78, 5) is 51.9. The number of esters is 1. The van der Waals surface area contributed by atoms with Crippen LogP contribution in [0.4, 0.5) is 10.7 Å². The van der Waals surface area contributed by atoms with Gasteiger partial charge in [-0.15, -0.1) is 0 Å². The summed E-state index contributed by atoms with van der Waals surface area (Å²) in [6, 6.07) is -2.56. The number of amides is 3. The van der Waals surface area contributed by atoms with Crippen molar-refractivity contribution in [1.29, 1.82) is 0 Å². The zero-order valence-corrected chi connectivity index (χ0v) is 26.9. The Labute approximate surface area is 256 Å². The van der Waals surface area contributed by atoms with E-state index in [4.69, 9.17) is 24.5 Å². The molecule has 0 radical (unpaired) electrons. The highest BCUT2D eigenvalue weighted by Crippen LogP contribution is 2.57. The Kier molecular flexibility index (Phi) is 9.80. The minimum Gasteiger partial charge on any atom is -0.479 e. The average molecular weight is 661 g/mol. The van der Waals surface area contributed by atoms with Crippen LogP contribution in [0, 0.1) is 0 Å². The summed E-state index contributed by atoms with van der Waals surface area (Å²) in [7, 11) is 4.16. The van der Waals surface area contributed by atoms with Crippen LogP contribution in [0.5, 0.6) is 5.88 Å². The standard InChI is InChI=1S/C24H37N8O10PS/c1-11(2)41-20(35)12(3)29-43(38,44-9-13-19(34)31(6)23(36)30(13)5)40-8-14-16(33)24(4,37)21(42-14)32-10-26-15-17(32)27-22(25)28-18(15)39-7/h10-14,16,21,33,37H,8-9H2,1-7H3,(H,29,38)(H2,25,27,28)/t12-,13?,14?,16+,21?,24+,43?/m0/s1. The quantitative estimate of drug-likeness (QED) is 0.134. The van der Waals surface area contributed by atoms with E-state index in [9.17, 15) is 29.2 Å². The highest BCUT2D eigenvalue weighted by atomic mass is 32.7. The molecule has 244 valence electrons. The van der Waals surface area contributed by atoms with Gasteiger partial charge in [-0.05, 0) is 27.7 Å². The van der Waals surface area contributed by atoms with Gasteiger partial charge in [0.1, 0.15) is 29.9 Å². The van der Waals surface area contributed by atoms with Gasteiger partial charge in [0.15, 0.2) is 17.4 Å². The number of likely N-dealkylation sites (N-methyl/N-ethyl adjacent to an activating group) is 2. The Balaban J connectivity index is 1.55. The Morgan fingerprint density at radius 2 is 1.98 bits per heavy atom. The van der Waals surface area contributed by atoms with E-state index in [-0.39, 0.29) is 28.7 Å². The van der Waals surface area contributed by atoms with Crippen molar-refractivity contribution in [3.05, 3.63) is 6.33 Å². The number of carbonyl (C=O) groups is 3. The largest absolute Gasteiger partial charge is 0.479 e. The van der Waals surface area contributed by atoms with Gasteiger partial charge in [-0.3, -0.25) is 23.6 Å². The number of ether oxygens (including phenoxy) is 3. The number of nitrogens with one attached hydrogen (secondary N) is 1. The number of aliphatic hydroxyl groups excluding tert-OH is 1. The number of imidazole rings is 1. The van der Waals surface area contributed by atoms with Crippen LogP contribution in [0.2, 0.25) is 0 Å². The van der Waals surface area contributed by atoms with E-state index in [1.165, 1.54) is 50.8 Å². The zero-order chi connectivity index (χ0) is 32.7. The van der Waals surface area contributed by atoms with Crippen molar-refractivity contribution in [3.8, 4) is 5.88 Å². The molecule has 4 heterocycles. The summed E-state index contributed by atoms with van der Waals surface area (Å²) < 4.78 is 37.6. The monoisotopic (exact) mass is 660 g/mol. The van der Waals surface area contributed by atoms with Crippen molar-refractivity contribution < 1.29 is 47.9 Å². The lowest BCUT2D eigenvalue weighted by Crippen LogP contribution is -2.44. The number of nitrogen functional groups attached to an aromatic ring is 1. The van der Waals surface area contributed by atoms with Crippen LogP contribution < -0.4 is 15.6 Å². The number of nitrogens with zero attached hydrogens (tertiary/aromatic N) is 6. The van der Waals surface area contributed by atoms with E-state index in [2.05, 4.69) is 20.0 Å². The number of hydrogen-bond donors (Lipinski definition) is 4. The van der Waals surface area contributed by atoms with Crippen molar-refractivity contribution in [2.45, 2.75) is 69.9 Å². The van der Waals surface area contributed by atoms with Gasteiger partial charge >= 0.3 is 18.7 Å². The topological polar surface area (TPSA) is 234 Å². The average Bonchev–Trinajstić information content (AvgIpc) is 3.52. The molecule has 2 aromatic heterocycles. The number of methoxy groups -OCH3 is 1. The van der Waals surface area contributed by atoms with Crippen molar-refractivity contribution in [2.75, 3.05) is 39.3 Å². The number of aromatic nitrogens is 4. The first-order valence-electron chi connectivity index (χ1n) is 13.5. The molecule has 0 spiro atoms. The van der Waals surface area contributed by atoms with E-state index in [0.717, 1.165) is 4.90 Å². The molecule has 18 nitrogen and oxygen atoms in total. The molecule has 2 aliphatic rings. The molecule has 0 saturated carbocycles. The van der Waals surface area contributed by atoms with Gasteiger partial charge in [-0.2, -0.15) is 9.97 Å². The van der Waals surface area contributed by atoms with Gasteiger partial charge in [0.05, 0.1) is 26.1 Å². The maximum Gasteiger partial charge on any atom is 0.327 e. The van der Waals surface area contributed by atoms with Crippen LogP contribution in [0.3, 0.4) is 0 Å². The van der Waals surface area contributed by atoms with E-state index >= 15 is 0 Å². The Bertz CT molecular complexity index is 1470. The number of rotatable bonds is 12. The lowest BCUT2D eigenvalue weighted by Gasteiger charge is -2.27. The number of fused-ring (bicyclic) bond motifs is 1. The van der Waals surface area contributed by atoms with Crippen LogP contribution >= 0.6 is 18.1 Å². The first kappa shape index (κ1) is 33.8. The second-order valence-electron chi connectivity index (χ2n) is 10.8. The van der Waals surface area contributed by atoms with E-state index in [0.29, 0.717) is 11.4 Å². The summed E-state index contributed by atoms with van der Waals surface area (Å²) in [6.07, 6.45) is -3.16. The molecular formula is C24H37N8O10PS. The minimum absolute atomic E-state index is 0.0951. The molecule has 20 heteroatoms. The number of nitrogens with two attached hydrogens (primary N) is 1. The fraction of sp³-hybridized carbons (Fsp3) is 0.667. The summed E-state index contributed by atoms with van der Waals surface area (Å²) in [5.41, 5.74) is 4.28. The fourth-order valence-electron chi connectivity index (χ4n) is 4.71. The Hall–Kier alpha value is -3.06. The number of urea groups is 1. The zero-order valence-electron chi connectivity index (χ0n) is 25.2. The molecule has 0 aromatic carbocycles. The minimum atomic E-state index is -4.06. The smallest absolute Gasteiger partial charge is 0.327 e. The maximum atomic E-state index is 14.1. The van der Waals surface area contributed by atoms with Crippen LogP contribution in [-0.4, -0.2) is 127 Å². The predicted octanol–water partition coefficient (Wildman–Crippen LogP) is 0.106. The van der Waals surface area contributed by atoms with E-state index < -0.39 is 73.5 Å². The molecular weight excluding hydrogens is 623 g/mol. The summed E-state index contributed by atoms with van der Waals surface area (Å²) in [5, 5.41) is 25.0. The van der Waals surface area contributed by atoms with E-state index in [1.807, 2.05) is 0 Å². The fourth-order valence-corrected chi connectivity index (χ4v) is 8.68. The highest BCUT2D eigenvalue weighted by molar-refractivity contribution is 8.56. The third-order valence-corrected chi connectivity index (χ3v) is 11.2. The van der Waals surface area contributed by atoms with Crippen molar-refractivity contribution in [2.24, 2.45) is 0 Å². The predicted molar refractivity (Wildman–Crippen MR) is 156 cm³/mol. The number of imide groups is 1. The van der Waals surface area contributed by atoms with Gasteiger partial charge in [-0.25, -0.2) is 14.9 Å². The molecule has 4 unspecified atom stereocenters. The number of anilines is 1. The van der Waals surface area contributed by atoms with Crippen LogP contribution in [0.1, 0.15) is 33.9 Å². The molecule has 5 N–H and O–H groups in total. The van der Waals surface area contributed by atoms with Crippen molar-refractivity contribution in [3.63, 3.8) is 0 Å². The second-order valence-corrected chi connectivity index (χ2v) is 15.2. The van der Waals surface area contributed by atoms with Crippen LogP contribution in [0.25, 0.3) is 11.2 Å². The molecule has 2 fully saturated rings. The molecule has 2 saturated heterocycles. The van der Waals surface area contributed by atoms with Gasteiger partial charge in [0.2, 0.25) is 11.8 Å². The van der Waals surface area contributed by atoms with Crippen LogP contribution in [0.15, 0.2) is 6.33 Å². The third kappa shape index (κ3) is 6.49. The van der Waals surface area contributed by atoms with Gasteiger partial charge < -0.3 is 39.6 Å². The van der Waals surface area contributed by atoms with Gasteiger partial charge in [-0.1, -0.05) is 11.4 Å². The summed E-state index contributed by atoms with van der Waals surface area (Å²) >= 11 is 0.701. The molecule has 44 heavy (non-hydrogen) atoms. The molecule has 2 aromatic rings.